The van der Waals surface area contributed by atoms with Crippen molar-refractivity contribution in [2.75, 3.05) is 6.61 Å². The van der Waals surface area contributed by atoms with Gasteiger partial charge in [0.15, 0.2) is 5.79 Å². The fraction of sp³-hybridized carbons (Fsp3) is 0.571. The van der Waals surface area contributed by atoms with E-state index in [9.17, 15) is 0 Å². The normalized spacial score (nSPS) is 23.3. The van der Waals surface area contributed by atoms with E-state index in [-0.39, 0.29) is 6.10 Å². The molecule has 0 bridgehead atoms. The average molecular weight is 342 g/mol. The summed E-state index contributed by atoms with van der Waals surface area (Å²) in [6.45, 7) is 12.4. The third-order valence-electron chi connectivity index (χ3n) is 5.63. The molecule has 1 saturated heterocycles. The van der Waals surface area contributed by atoms with Crippen LogP contribution in [0.4, 0.5) is 0 Å². The summed E-state index contributed by atoms with van der Waals surface area (Å²) in [4.78, 5) is 4.16. The Balaban J connectivity index is 1.82. The van der Waals surface area contributed by atoms with Crippen LogP contribution in [-0.4, -0.2) is 28.0 Å². The number of imidazole rings is 1. The molecule has 25 heavy (non-hydrogen) atoms. The van der Waals surface area contributed by atoms with Crippen molar-refractivity contribution in [1.29, 1.82) is 0 Å². The van der Waals surface area contributed by atoms with E-state index in [1.165, 1.54) is 27.8 Å². The summed E-state index contributed by atoms with van der Waals surface area (Å²) in [5, 5.41) is 0. The highest BCUT2D eigenvalue weighted by Gasteiger charge is 2.41. The molecule has 0 saturated carbocycles. The molecule has 2 heterocycles. The maximum Gasteiger partial charge on any atom is 0.187 e. The molecule has 1 aromatic carbocycles. The van der Waals surface area contributed by atoms with E-state index in [1.54, 1.807) is 6.20 Å². The number of rotatable bonds is 6. The van der Waals surface area contributed by atoms with Crippen molar-refractivity contribution in [3.8, 4) is 0 Å². The maximum absolute atomic E-state index is 6.36. The summed E-state index contributed by atoms with van der Waals surface area (Å²) in [6, 6.07) is 2.28. The highest BCUT2D eigenvalue weighted by Crippen LogP contribution is 2.33. The predicted octanol–water partition coefficient (Wildman–Crippen LogP) is 4.27. The lowest BCUT2D eigenvalue weighted by Gasteiger charge is -2.29. The van der Waals surface area contributed by atoms with Gasteiger partial charge >= 0.3 is 0 Å². The molecule has 4 heteroatoms. The van der Waals surface area contributed by atoms with Crippen molar-refractivity contribution in [3.63, 3.8) is 0 Å². The Bertz CT molecular complexity index is 698. The first kappa shape index (κ1) is 18.2. The van der Waals surface area contributed by atoms with Crippen molar-refractivity contribution in [1.82, 2.24) is 9.55 Å². The summed E-state index contributed by atoms with van der Waals surface area (Å²) in [5.74, 6) is -0.558. The lowest BCUT2D eigenvalue weighted by Crippen LogP contribution is -2.36. The Hall–Kier alpha value is -1.65. The molecule has 0 amide bonds. The molecule has 3 rings (SSSR count). The smallest absolute Gasteiger partial charge is 0.187 e. The number of hydrogen-bond acceptors (Lipinski definition) is 3. The van der Waals surface area contributed by atoms with Crippen molar-refractivity contribution in [2.45, 2.75) is 72.3 Å². The van der Waals surface area contributed by atoms with Gasteiger partial charge in [-0.2, -0.15) is 0 Å². The van der Waals surface area contributed by atoms with E-state index in [4.69, 9.17) is 9.47 Å². The minimum absolute atomic E-state index is 0.185. The maximum atomic E-state index is 6.36. The van der Waals surface area contributed by atoms with Crippen LogP contribution < -0.4 is 0 Å². The van der Waals surface area contributed by atoms with E-state index in [0.29, 0.717) is 13.2 Å². The molecule has 0 aliphatic carbocycles. The minimum atomic E-state index is -0.558. The van der Waals surface area contributed by atoms with Gasteiger partial charge in [0.05, 0.1) is 25.6 Å². The van der Waals surface area contributed by atoms with Gasteiger partial charge < -0.3 is 14.0 Å². The molecule has 0 spiro atoms. The Morgan fingerprint density at radius 2 is 1.92 bits per heavy atom. The van der Waals surface area contributed by atoms with Crippen LogP contribution in [0.3, 0.4) is 0 Å². The predicted molar refractivity (Wildman–Crippen MR) is 99.8 cm³/mol. The number of hydrogen-bond donors (Lipinski definition) is 0. The van der Waals surface area contributed by atoms with Crippen molar-refractivity contribution >= 4 is 0 Å². The second kappa shape index (κ2) is 7.30. The fourth-order valence-electron chi connectivity index (χ4n) is 3.76. The van der Waals surface area contributed by atoms with Crippen LogP contribution in [0.1, 0.15) is 47.6 Å². The van der Waals surface area contributed by atoms with E-state index in [1.807, 2.05) is 12.5 Å². The zero-order valence-corrected chi connectivity index (χ0v) is 16.1. The molecule has 2 unspecified atom stereocenters. The van der Waals surface area contributed by atoms with Crippen LogP contribution in [0.25, 0.3) is 0 Å². The van der Waals surface area contributed by atoms with Crippen LogP contribution in [-0.2, 0) is 22.4 Å². The monoisotopic (exact) mass is 342 g/mol. The van der Waals surface area contributed by atoms with Crippen LogP contribution in [0.15, 0.2) is 24.8 Å². The van der Waals surface area contributed by atoms with Gasteiger partial charge in [-0.05, 0) is 68.4 Å². The highest BCUT2D eigenvalue weighted by atomic mass is 16.7. The average Bonchev–Trinajstić information content (AvgIpc) is 3.23. The minimum Gasteiger partial charge on any atom is -0.345 e. The second-order valence-corrected chi connectivity index (χ2v) is 7.34. The van der Waals surface area contributed by atoms with Crippen LogP contribution >= 0.6 is 0 Å². The first-order chi connectivity index (χ1) is 11.9. The van der Waals surface area contributed by atoms with Gasteiger partial charge in [0.25, 0.3) is 0 Å². The number of aryl methyl sites for hydroxylation is 2. The van der Waals surface area contributed by atoms with Gasteiger partial charge in [-0.15, -0.1) is 0 Å². The van der Waals surface area contributed by atoms with Crippen molar-refractivity contribution < 1.29 is 9.47 Å². The van der Waals surface area contributed by atoms with Gasteiger partial charge in [-0.25, -0.2) is 4.98 Å². The molecular formula is C21H30N2O2. The van der Waals surface area contributed by atoms with Gasteiger partial charge in [0.2, 0.25) is 0 Å². The van der Waals surface area contributed by atoms with Crippen molar-refractivity contribution in [2.24, 2.45) is 0 Å². The Labute approximate surface area is 151 Å². The number of benzene rings is 1. The SMILES string of the molecule is CCC1COC(CCc2c(C)c(C)cc(C)c2C)(Cn2ccnc2)O1. The van der Waals surface area contributed by atoms with Crippen LogP contribution in [0.5, 0.6) is 0 Å². The lowest BCUT2D eigenvalue weighted by atomic mass is 9.90. The number of nitrogens with zero attached hydrogens (tertiary/aromatic N) is 2. The lowest BCUT2D eigenvalue weighted by molar-refractivity contribution is -0.182. The molecule has 0 N–H and O–H groups in total. The summed E-state index contributed by atoms with van der Waals surface area (Å²) < 4.78 is 14.6. The van der Waals surface area contributed by atoms with E-state index in [2.05, 4.69) is 50.2 Å². The van der Waals surface area contributed by atoms with Gasteiger partial charge in [-0.3, -0.25) is 0 Å². The second-order valence-electron chi connectivity index (χ2n) is 7.34. The van der Waals surface area contributed by atoms with Crippen LogP contribution in [0.2, 0.25) is 0 Å². The Morgan fingerprint density at radius 3 is 2.48 bits per heavy atom. The fourth-order valence-corrected chi connectivity index (χ4v) is 3.76. The third-order valence-corrected chi connectivity index (χ3v) is 5.63. The quantitative estimate of drug-likeness (QED) is 0.786. The highest BCUT2D eigenvalue weighted by molar-refractivity contribution is 5.44. The summed E-state index contributed by atoms with van der Waals surface area (Å²) >= 11 is 0. The number of aromatic nitrogens is 2. The molecule has 4 nitrogen and oxygen atoms in total. The van der Waals surface area contributed by atoms with Crippen LogP contribution in [0, 0.1) is 27.7 Å². The third kappa shape index (κ3) is 3.80. The Morgan fingerprint density at radius 1 is 1.20 bits per heavy atom. The Kier molecular flexibility index (Phi) is 5.30. The largest absolute Gasteiger partial charge is 0.345 e. The standard InChI is InChI=1S/C21H30N2O2/c1-6-19-12-24-21(25-19,13-23-10-9-22-14-23)8-7-20-17(4)15(2)11-16(3)18(20)5/h9-11,14,19H,6-8,12-13H2,1-5H3. The summed E-state index contributed by atoms with van der Waals surface area (Å²) in [6.07, 6.45) is 8.59. The molecule has 1 aliphatic rings. The van der Waals surface area contributed by atoms with Gasteiger partial charge in [-0.1, -0.05) is 13.0 Å². The number of ether oxygens (including phenoxy) is 2. The first-order valence-corrected chi connectivity index (χ1v) is 9.28. The molecule has 0 radical (unpaired) electrons. The summed E-state index contributed by atoms with van der Waals surface area (Å²) in [7, 11) is 0. The van der Waals surface area contributed by atoms with Gasteiger partial charge in [0, 0.05) is 18.8 Å². The molecule has 2 aromatic rings. The summed E-state index contributed by atoms with van der Waals surface area (Å²) in [5.41, 5.74) is 6.95. The zero-order chi connectivity index (χ0) is 18.0. The molecule has 1 fully saturated rings. The topological polar surface area (TPSA) is 36.3 Å². The van der Waals surface area contributed by atoms with Gasteiger partial charge in [0.1, 0.15) is 0 Å². The van der Waals surface area contributed by atoms with E-state index < -0.39 is 5.79 Å². The molecule has 1 aromatic heterocycles. The first-order valence-electron chi connectivity index (χ1n) is 9.28. The zero-order valence-electron chi connectivity index (χ0n) is 16.1. The van der Waals surface area contributed by atoms with E-state index in [0.717, 1.165) is 19.3 Å². The molecule has 1 aliphatic heterocycles. The molecular weight excluding hydrogens is 312 g/mol. The van der Waals surface area contributed by atoms with Crippen molar-refractivity contribution in [3.05, 3.63) is 52.6 Å². The molecule has 2 atom stereocenters. The molecule has 136 valence electrons. The van der Waals surface area contributed by atoms with E-state index >= 15 is 0 Å².